The van der Waals surface area contributed by atoms with E-state index in [1.165, 1.54) is 18.2 Å². The van der Waals surface area contributed by atoms with Crippen LogP contribution in [-0.4, -0.2) is 18.2 Å². The first-order valence-corrected chi connectivity index (χ1v) is 8.02. The van der Waals surface area contributed by atoms with Crippen LogP contribution in [0.15, 0.2) is 53.4 Å². The highest BCUT2D eigenvalue weighted by Crippen LogP contribution is 2.18. The van der Waals surface area contributed by atoms with Gasteiger partial charge in [0.2, 0.25) is 5.91 Å². The van der Waals surface area contributed by atoms with Crippen LogP contribution in [-0.2, 0) is 11.2 Å². The summed E-state index contributed by atoms with van der Waals surface area (Å²) in [5.74, 6) is 0.0390. The zero-order valence-electron chi connectivity index (χ0n) is 12.0. The van der Waals surface area contributed by atoms with E-state index in [4.69, 9.17) is 0 Å². The van der Waals surface area contributed by atoms with Gasteiger partial charge in [0.1, 0.15) is 11.6 Å². The van der Waals surface area contributed by atoms with Crippen molar-refractivity contribution >= 4 is 17.7 Å². The number of rotatable bonds is 7. The lowest BCUT2D eigenvalue weighted by Gasteiger charge is -2.06. The van der Waals surface area contributed by atoms with Gasteiger partial charge in [-0.25, -0.2) is 8.78 Å². The Morgan fingerprint density at radius 1 is 1.05 bits per heavy atom. The Hall–Kier alpha value is -1.88. The van der Waals surface area contributed by atoms with Crippen LogP contribution in [0.3, 0.4) is 0 Å². The molecule has 116 valence electrons. The van der Waals surface area contributed by atoms with Crippen molar-refractivity contribution in [3.8, 4) is 0 Å². The Bertz CT molecular complexity index is 616. The fourth-order valence-electron chi connectivity index (χ4n) is 1.90. The van der Waals surface area contributed by atoms with Crippen molar-refractivity contribution in [2.24, 2.45) is 0 Å². The van der Waals surface area contributed by atoms with E-state index in [1.54, 1.807) is 42.1 Å². The average molecular weight is 321 g/mol. The molecule has 0 fully saturated rings. The van der Waals surface area contributed by atoms with E-state index in [1.807, 2.05) is 0 Å². The molecule has 0 aliphatic heterocycles. The highest BCUT2D eigenvalue weighted by atomic mass is 32.2. The van der Waals surface area contributed by atoms with Crippen molar-refractivity contribution in [1.82, 2.24) is 5.32 Å². The van der Waals surface area contributed by atoms with Crippen LogP contribution in [0.5, 0.6) is 0 Å². The molecule has 5 heteroatoms. The smallest absolute Gasteiger partial charge is 0.224 e. The second-order valence-corrected chi connectivity index (χ2v) is 5.94. The predicted octanol–water partition coefficient (Wildman–Crippen LogP) is 3.81. The van der Waals surface area contributed by atoms with Gasteiger partial charge in [0.25, 0.3) is 0 Å². The Labute approximate surface area is 132 Å². The van der Waals surface area contributed by atoms with E-state index in [0.717, 1.165) is 17.1 Å². The monoisotopic (exact) mass is 321 g/mol. The number of halogens is 2. The summed E-state index contributed by atoms with van der Waals surface area (Å²) in [5.41, 5.74) is 0.403. The minimum absolute atomic E-state index is 0.0534. The van der Waals surface area contributed by atoms with Crippen LogP contribution in [0.4, 0.5) is 8.78 Å². The van der Waals surface area contributed by atoms with E-state index >= 15 is 0 Å². The van der Waals surface area contributed by atoms with E-state index in [2.05, 4.69) is 5.32 Å². The van der Waals surface area contributed by atoms with Crippen LogP contribution in [0, 0.1) is 11.6 Å². The average Bonchev–Trinajstić information content (AvgIpc) is 2.51. The second-order valence-electron chi connectivity index (χ2n) is 4.77. The third-order valence-electron chi connectivity index (χ3n) is 3.03. The molecule has 0 aromatic heterocycles. The standard InChI is InChI=1S/C17H17F2NOS/c18-14-6-8-15(9-7-14)22-11-3-10-20-17(21)12-13-4-1-2-5-16(13)19/h1-2,4-9H,3,10-12H2,(H,20,21). The number of carbonyl (C=O) groups is 1. The van der Waals surface area contributed by atoms with Gasteiger partial charge in [-0.05, 0) is 48.1 Å². The van der Waals surface area contributed by atoms with E-state index in [0.29, 0.717) is 12.1 Å². The zero-order valence-corrected chi connectivity index (χ0v) is 12.8. The van der Waals surface area contributed by atoms with Gasteiger partial charge in [-0.2, -0.15) is 0 Å². The van der Waals surface area contributed by atoms with Crippen LogP contribution in [0.2, 0.25) is 0 Å². The van der Waals surface area contributed by atoms with Crippen molar-refractivity contribution in [3.63, 3.8) is 0 Å². The lowest BCUT2D eigenvalue weighted by molar-refractivity contribution is -0.120. The number of carbonyl (C=O) groups excluding carboxylic acids is 1. The largest absolute Gasteiger partial charge is 0.356 e. The molecule has 1 N–H and O–H groups in total. The maximum atomic E-state index is 13.4. The van der Waals surface area contributed by atoms with Gasteiger partial charge in [0.15, 0.2) is 0 Å². The lowest BCUT2D eigenvalue weighted by Crippen LogP contribution is -2.26. The molecular formula is C17H17F2NOS. The number of hydrogen-bond donors (Lipinski definition) is 1. The molecule has 0 unspecified atom stereocenters. The van der Waals surface area contributed by atoms with Gasteiger partial charge >= 0.3 is 0 Å². The van der Waals surface area contributed by atoms with Crippen LogP contribution in [0.25, 0.3) is 0 Å². The number of hydrogen-bond acceptors (Lipinski definition) is 2. The summed E-state index contributed by atoms with van der Waals surface area (Å²) < 4.78 is 26.1. The summed E-state index contributed by atoms with van der Waals surface area (Å²) >= 11 is 1.61. The highest BCUT2D eigenvalue weighted by molar-refractivity contribution is 7.99. The molecule has 0 bridgehead atoms. The molecule has 0 aliphatic carbocycles. The third-order valence-corrected chi connectivity index (χ3v) is 4.13. The Morgan fingerprint density at radius 3 is 2.50 bits per heavy atom. The Morgan fingerprint density at radius 2 is 1.77 bits per heavy atom. The number of thioether (sulfide) groups is 1. The minimum Gasteiger partial charge on any atom is -0.356 e. The number of benzene rings is 2. The predicted molar refractivity (Wildman–Crippen MR) is 84.9 cm³/mol. The van der Waals surface area contributed by atoms with Gasteiger partial charge in [-0.15, -0.1) is 11.8 Å². The van der Waals surface area contributed by atoms with E-state index in [9.17, 15) is 13.6 Å². The summed E-state index contributed by atoms with van der Waals surface area (Å²) in [6.07, 6.45) is 0.850. The first-order valence-electron chi connectivity index (χ1n) is 7.03. The maximum Gasteiger partial charge on any atom is 0.224 e. The van der Waals surface area contributed by atoms with Gasteiger partial charge in [-0.1, -0.05) is 18.2 Å². The molecule has 2 rings (SSSR count). The topological polar surface area (TPSA) is 29.1 Å². The maximum absolute atomic E-state index is 13.4. The lowest BCUT2D eigenvalue weighted by atomic mass is 10.1. The molecule has 0 spiro atoms. The van der Waals surface area contributed by atoms with Gasteiger partial charge in [0.05, 0.1) is 6.42 Å². The fraction of sp³-hybridized carbons (Fsp3) is 0.235. The fourth-order valence-corrected chi connectivity index (χ4v) is 2.75. The molecule has 2 aromatic carbocycles. The summed E-state index contributed by atoms with van der Waals surface area (Å²) in [6.45, 7) is 0.543. The molecule has 0 heterocycles. The first kappa shape index (κ1) is 16.5. The number of amides is 1. The highest BCUT2D eigenvalue weighted by Gasteiger charge is 2.06. The quantitative estimate of drug-likeness (QED) is 0.621. The van der Waals surface area contributed by atoms with Crippen LogP contribution < -0.4 is 5.32 Å². The van der Waals surface area contributed by atoms with Crippen molar-refractivity contribution < 1.29 is 13.6 Å². The van der Waals surface area contributed by atoms with Gasteiger partial charge in [0, 0.05) is 11.4 Å². The molecule has 22 heavy (non-hydrogen) atoms. The van der Waals surface area contributed by atoms with Crippen molar-refractivity contribution in [2.45, 2.75) is 17.7 Å². The molecule has 1 amide bonds. The normalized spacial score (nSPS) is 10.5. The molecule has 0 radical (unpaired) electrons. The molecule has 0 atom stereocenters. The second kappa shape index (κ2) is 8.54. The van der Waals surface area contributed by atoms with Crippen LogP contribution in [0.1, 0.15) is 12.0 Å². The molecule has 2 aromatic rings. The first-order chi connectivity index (χ1) is 10.6. The molecule has 2 nitrogen and oxygen atoms in total. The van der Waals surface area contributed by atoms with Crippen LogP contribution >= 0.6 is 11.8 Å². The molecule has 0 aliphatic rings. The number of nitrogens with one attached hydrogen (secondary N) is 1. The third kappa shape index (κ3) is 5.48. The summed E-state index contributed by atoms with van der Waals surface area (Å²) in [4.78, 5) is 12.7. The molecule has 0 saturated carbocycles. The summed E-state index contributed by atoms with van der Waals surface area (Å²) in [6, 6.07) is 12.6. The van der Waals surface area contributed by atoms with Gasteiger partial charge < -0.3 is 5.32 Å². The zero-order chi connectivity index (χ0) is 15.8. The Balaban J connectivity index is 1.63. The molecular weight excluding hydrogens is 304 g/mol. The minimum atomic E-state index is -0.357. The van der Waals surface area contributed by atoms with Crippen molar-refractivity contribution in [2.75, 3.05) is 12.3 Å². The van der Waals surface area contributed by atoms with Gasteiger partial charge in [-0.3, -0.25) is 4.79 Å². The van der Waals surface area contributed by atoms with Crippen molar-refractivity contribution in [3.05, 3.63) is 65.7 Å². The summed E-state index contributed by atoms with van der Waals surface area (Å²) in [7, 11) is 0. The van der Waals surface area contributed by atoms with E-state index < -0.39 is 0 Å². The summed E-state index contributed by atoms with van der Waals surface area (Å²) in [5, 5.41) is 2.77. The molecule has 0 saturated heterocycles. The Kier molecular flexibility index (Phi) is 6.40. The van der Waals surface area contributed by atoms with Crippen molar-refractivity contribution in [1.29, 1.82) is 0 Å². The van der Waals surface area contributed by atoms with E-state index in [-0.39, 0.29) is 24.0 Å². The SMILES string of the molecule is O=C(Cc1ccccc1F)NCCCSc1ccc(F)cc1.